The minimum atomic E-state index is -2.42. The lowest BCUT2D eigenvalue weighted by Gasteiger charge is -2.41. The first kappa shape index (κ1) is 18.5. The van der Waals surface area contributed by atoms with Crippen molar-refractivity contribution < 1.29 is 24.5 Å². The summed E-state index contributed by atoms with van der Waals surface area (Å²) in [6, 6.07) is 25.3. The summed E-state index contributed by atoms with van der Waals surface area (Å²) >= 11 is 0. The summed E-state index contributed by atoms with van der Waals surface area (Å²) in [7, 11) is 0. The van der Waals surface area contributed by atoms with E-state index in [2.05, 4.69) is 0 Å². The van der Waals surface area contributed by atoms with Crippen LogP contribution in [0, 0.1) is 0 Å². The first-order valence-electron chi connectivity index (χ1n) is 8.45. The second kappa shape index (κ2) is 7.51. The lowest BCUT2D eigenvalue weighted by molar-refractivity contribution is -0.246. The molecule has 0 aliphatic carbocycles. The Hall–Kier alpha value is -3.31. The predicted octanol–water partition coefficient (Wildman–Crippen LogP) is 3.83. The molecule has 2 N–H and O–H groups in total. The fourth-order valence-electron chi connectivity index (χ4n) is 2.78. The highest BCUT2D eigenvalue weighted by Gasteiger charge is 2.60. The summed E-state index contributed by atoms with van der Waals surface area (Å²) in [5.74, 6) is -3.36. The number of ether oxygens (including phenoxy) is 2. The minimum Gasteiger partial charge on any atom is -0.475 e. The molecule has 0 saturated heterocycles. The Labute approximate surface area is 157 Å². The number of hydrogen-bond donors (Lipinski definition) is 2. The second-order valence-corrected chi connectivity index (χ2v) is 6.19. The number of aliphatic hydroxyl groups is 1. The van der Waals surface area contributed by atoms with E-state index >= 15 is 0 Å². The van der Waals surface area contributed by atoms with E-state index in [0.29, 0.717) is 5.56 Å². The number of hydrogen-bond acceptors (Lipinski definition) is 4. The lowest BCUT2D eigenvalue weighted by atomic mass is 9.86. The van der Waals surface area contributed by atoms with Gasteiger partial charge in [-0.05, 0) is 36.8 Å². The summed E-state index contributed by atoms with van der Waals surface area (Å²) < 4.78 is 11.6. The molecule has 0 aromatic heterocycles. The molecule has 0 spiro atoms. The van der Waals surface area contributed by atoms with Gasteiger partial charge in [-0.1, -0.05) is 66.7 Å². The Morgan fingerprint density at radius 2 is 1.11 bits per heavy atom. The van der Waals surface area contributed by atoms with Crippen molar-refractivity contribution >= 4 is 5.97 Å². The molecule has 0 radical (unpaired) electrons. The van der Waals surface area contributed by atoms with Crippen molar-refractivity contribution in [3.63, 3.8) is 0 Å². The first-order chi connectivity index (χ1) is 13.0. The molecule has 1 atom stereocenters. The number of para-hydroxylation sites is 2. The molecule has 3 aromatic carbocycles. The molecule has 0 bridgehead atoms. The molecule has 0 fully saturated rings. The average molecular weight is 364 g/mol. The number of aliphatic carboxylic acids is 1. The van der Waals surface area contributed by atoms with E-state index in [4.69, 9.17) is 9.47 Å². The average Bonchev–Trinajstić information content (AvgIpc) is 2.69. The number of benzene rings is 3. The Balaban J connectivity index is 2.15. The van der Waals surface area contributed by atoms with Crippen LogP contribution in [0.3, 0.4) is 0 Å². The van der Waals surface area contributed by atoms with Gasteiger partial charge < -0.3 is 19.7 Å². The highest BCUT2D eigenvalue weighted by Crippen LogP contribution is 2.39. The standard InChI is InChI=1S/C22H20O5/c1-21(25,17-11-5-2-6-12-17)22(20(23)24,26-18-13-7-3-8-14-18)27-19-15-9-4-10-16-19/h2-16,25H,1H3,(H,23,24). The van der Waals surface area contributed by atoms with Gasteiger partial charge in [-0.3, -0.25) is 0 Å². The van der Waals surface area contributed by atoms with Crippen LogP contribution in [0.15, 0.2) is 91.0 Å². The topological polar surface area (TPSA) is 76.0 Å². The zero-order valence-corrected chi connectivity index (χ0v) is 14.8. The van der Waals surface area contributed by atoms with Crippen molar-refractivity contribution in [1.29, 1.82) is 0 Å². The molecule has 0 saturated carbocycles. The molecule has 3 rings (SSSR count). The maximum absolute atomic E-state index is 12.4. The molecule has 0 amide bonds. The summed E-state index contributed by atoms with van der Waals surface area (Å²) in [6.07, 6.45) is 0. The van der Waals surface area contributed by atoms with E-state index in [0.717, 1.165) is 0 Å². The van der Waals surface area contributed by atoms with E-state index in [-0.39, 0.29) is 11.5 Å². The van der Waals surface area contributed by atoms with Gasteiger partial charge in [-0.2, -0.15) is 0 Å². The van der Waals surface area contributed by atoms with Crippen LogP contribution in [0.4, 0.5) is 0 Å². The van der Waals surface area contributed by atoms with Crippen LogP contribution in [0.5, 0.6) is 11.5 Å². The van der Waals surface area contributed by atoms with Crippen LogP contribution in [0.2, 0.25) is 0 Å². The van der Waals surface area contributed by atoms with Crippen molar-refractivity contribution in [2.75, 3.05) is 0 Å². The van der Waals surface area contributed by atoms with Crippen molar-refractivity contribution in [3.8, 4) is 11.5 Å². The van der Waals surface area contributed by atoms with Crippen molar-refractivity contribution in [2.45, 2.75) is 18.3 Å². The van der Waals surface area contributed by atoms with Crippen molar-refractivity contribution in [3.05, 3.63) is 96.6 Å². The van der Waals surface area contributed by atoms with Gasteiger partial charge in [-0.25, -0.2) is 4.79 Å². The largest absolute Gasteiger partial charge is 0.475 e. The lowest BCUT2D eigenvalue weighted by Crippen LogP contribution is -2.63. The second-order valence-electron chi connectivity index (χ2n) is 6.19. The molecule has 5 nitrogen and oxygen atoms in total. The Morgan fingerprint density at radius 3 is 1.48 bits per heavy atom. The zero-order chi connectivity index (χ0) is 19.3. The third-order valence-corrected chi connectivity index (χ3v) is 4.27. The molecule has 0 heterocycles. The van der Waals surface area contributed by atoms with Crippen LogP contribution >= 0.6 is 0 Å². The third-order valence-electron chi connectivity index (χ3n) is 4.27. The van der Waals surface area contributed by atoms with Crippen LogP contribution < -0.4 is 9.47 Å². The van der Waals surface area contributed by atoms with Crippen molar-refractivity contribution in [2.24, 2.45) is 0 Å². The molecule has 0 aliphatic rings. The number of carboxylic acid groups (broad SMARTS) is 1. The third kappa shape index (κ3) is 3.64. The number of carbonyl (C=O) groups is 1. The van der Waals surface area contributed by atoms with Gasteiger partial charge >= 0.3 is 11.8 Å². The summed E-state index contributed by atoms with van der Waals surface area (Å²) in [4.78, 5) is 12.4. The Kier molecular flexibility index (Phi) is 5.14. The summed E-state index contributed by atoms with van der Waals surface area (Å²) in [5, 5.41) is 21.5. The fourth-order valence-corrected chi connectivity index (χ4v) is 2.78. The molecule has 5 heteroatoms. The molecular formula is C22H20O5. The van der Waals surface area contributed by atoms with E-state index in [1.807, 2.05) is 0 Å². The SMILES string of the molecule is CC(O)(c1ccccc1)C(Oc1ccccc1)(Oc1ccccc1)C(=O)O. The highest BCUT2D eigenvalue weighted by atomic mass is 16.7. The van der Waals surface area contributed by atoms with Gasteiger partial charge in [0.1, 0.15) is 11.5 Å². The first-order valence-corrected chi connectivity index (χ1v) is 8.45. The molecule has 0 aliphatic heterocycles. The zero-order valence-electron chi connectivity index (χ0n) is 14.8. The van der Waals surface area contributed by atoms with Gasteiger partial charge in [0.05, 0.1) is 0 Å². The van der Waals surface area contributed by atoms with Crippen LogP contribution in [0.25, 0.3) is 0 Å². The minimum absolute atomic E-state index is 0.257. The maximum atomic E-state index is 12.4. The fraction of sp³-hybridized carbons (Fsp3) is 0.136. The van der Waals surface area contributed by atoms with Gasteiger partial charge in [0.25, 0.3) is 0 Å². The van der Waals surface area contributed by atoms with Gasteiger partial charge in [-0.15, -0.1) is 0 Å². The van der Waals surface area contributed by atoms with Gasteiger partial charge in [0, 0.05) is 0 Å². The normalized spacial score (nSPS) is 13.4. The van der Waals surface area contributed by atoms with E-state index in [1.165, 1.54) is 6.92 Å². The molecule has 3 aromatic rings. The predicted molar refractivity (Wildman–Crippen MR) is 101 cm³/mol. The number of rotatable bonds is 7. The number of carboxylic acids is 1. The Bertz CT molecular complexity index is 835. The molecule has 1 unspecified atom stereocenters. The maximum Gasteiger partial charge on any atom is 0.394 e. The quantitative estimate of drug-likeness (QED) is 0.623. The van der Waals surface area contributed by atoms with Crippen molar-refractivity contribution in [1.82, 2.24) is 0 Å². The smallest absolute Gasteiger partial charge is 0.394 e. The van der Waals surface area contributed by atoms with E-state index in [9.17, 15) is 15.0 Å². The molecule has 138 valence electrons. The van der Waals surface area contributed by atoms with Gasteiger partial charge in [0.15, 0.2) is 5.60 Å². The van der Waals surface area contributed by atoms with Crippen LogP contribution in [-0.4, -0.2) is 22.0 Å². The van der Waals surface area contributed by atoms with E-state index in [1.54, 1.807) is 91.0 Å². The molecular weight excluding hydrogens is 344 g/mol. The molecule has 27 heavy (non-hydrogen) atoms. The summed E-state index contributed by atoms with van der Waals surface area (Å²) in [5.41, 5.74) is -1.66. The van der Waals surface area contributed by atoms with Crippen LogP contribution in [0.1, 0.15) is 12.5 Å². The van der Waals surface area contributed by atoms with Crippen LogP contribution in [-0.2, 0) is 10.4 Å². The van der Waals surface area contributed by atoms with Gasteiger partial charge in [0.2, 0.25) is 0 Å². The van der Waals surface area contributed by atoms with E-state index < -0.39 is 17.4 Å². The highest BCUT2D eigenvalue weighted by molar-refractivity contribution is 5.79. The Morgan fingerprint density at radius 1 is 0.741 bits per heavy atom. The summed E-state index contributed by atoms with van der Waals surface area (Å²) in [6.45, 7) is 1.36. The monoisotopic (exact) mass is 364 g/mol.